The summed E-state index contributed by atoms with van der Waals surface area (Å²) in [5.41, 5.74) is 2.32. The summed E-state index contributed by atoms with van der Waals surface area (Å²) in [6.07, 6.45) is 9.68. The minimum absolute atomic E-state index is 0.522. The molecule has 144 valence electrons. The Morgan fingerprint density at radius 1 is 1.00 bits per heavy atom. The van der Waals surface area contributed by atoms with Crippen molar-refractivity contribution in [2.45, 2.75) is 38.1 Å². The first kappa shape index (κ1) is 18.4. The Morgan fingerprint density at radius 2 is 1.75 bits per heavy atom. The second kappa shape index (κ2) is 8.83. The predicted octanol–water partition coefficient (Wildman–Crippen LogP) is 4.57. The average molecular weight is 374 g/mol. The van der Waals surface area contributed by atoms with Gasteiger partial charge in [-0.2, -0.15) is 0 Å². The molecule has 0 radical (unpaired) electrons. The van der Waals surface area contributed by atoms with Gasteiger partial charge in [0.05, 0.1) is 0 Å². The Balaban J connectivity index is 1.57. The van der Waals surface area contributed by atoms with Crippen LogP contribution in [-0.4, -0.2) is 34.6 Å². The molecule has 1 fully saturated rings. The van der Waals surface area contributed by atoms with Crippen LogP contribution in [0.5, 0.6) is 0 Å². The molecule has 4 rings (SSSR count). The second-order valence-corrected chi connectivity index (χ2v) is 7.45. The molecule has 0 saturated heterocycles. The van der Waals surface area contributed by atoms with E-state index in [2.05, 4.69) is 52.6 Å². The molecule has 0 amide bonds. The summed E-state index contributed by atoms with van der Waals surface area (Å²) in [6.45, 7) is 0.887. The van der Waals surface area contributed by atoms with Gasteiger partial charge in [0.1, 0.15) is 11.6 Å². The smallest absolute Gasteiger partial charge is 0.163 e. The summed E-state index contributed by atoms with van der Waals surface area (Å²) >= 11 is 0. The van der Waals surface area contributed by atoms with Crippen LogP contribution in [-0.2, 0) is 6.42 Å². The van der Waals surface area contributed by atoms with Crippen molar-refractivity contribution in [3.63, 3.8) is 0 Å². The molecule has 2 aromatic heterocycles. The van der Waals surface area contributed by atoms with E-state index in [1.807, 2.05) is 30.6 Å². The van der Waals surface area contributed by atoms with Gasteiger partial charge in [-0.25, -0.2) is 9.97 Å². The molecule has 1 N–H and O–H groups in total. The largest absolute Gasteiger partial charge is 0.367 e. The summed E-state index contributed by atoms with van der Waals surface area (Å²) in [5, 5.41) is 3.63. The molecule has 0 bridgehead atoms. The third-order valence-electron chi connectivity index (χ3n) is 5.33. The molecular weight excluding hydrogens is 346 g/mol. The molecule has 1 aliphatic rings. The van der Waals surface area contributed by atoms with Crippen LogP contribution in [0.2, 0.25) is 0 Å². The molecule has 28 heavy (non-hydrogen) atoms. The van der Waals surface area contributed by atoms with Gasteiger partial charge in [0.25, 0.3) is 0 Å². The second-order valence-electron chi connectivity index (χ2n) is 7.45. The number of nitrogens with zero attached hydrogens (tertiary/aromatic N) is 4. The van der Waals surface area contributed by atoms with Gasteiger partial charge in [0.15, 0.2) is 5.82 Å². The normalized spacial score (nSPS) is 14.2. The number of likely N-dealkylation sites (N-methyl/N-ethyl adjacent to an activating group) is 1. The van der Waals surface area contributed by atoms with E-state index >= 15 is 0 Å². The fourth-order valence-corrected chi connectivity index (χ4v) is 3.66. The van der Waals surface area contributed by atoms with Crippen LogP contribution in [0.15, 0.2) is 60.9 Å². The number of anilines is 2. The minimum Gasteiger partial charge on any atom is -0.367 e. The van der Waals surface area contributed by atoms with Gasteiger partial charge in [-0.05, 0) is 37.0 Å². The van der Waals surface area contributed by atoms with E-state index < -0.39 is 0 Å². The van der Waals surface area contributed by atoms with Gasteiger partial charge in [-0.3, -0.25) is 4.98 Å². The lowest BCUT2D eigenvalue weighted by molar-refractivity contribution is 0.749. The average Bonchev–Trinajstić information content (AvgIpc) is 3.26. The number of hydrogen-bond donors (Lipinski definition) is 1. The lowest BCUT2D eigenvalue weighted by Gasteiger charge is -2.21. The fourth-order valence-electron chi connectivity index (χ4n) is 3.66. The van der Waals surface area contributed by atoms with Crippen molar-refractivity contribution in [2.24, 2.45) is 0 Å². The molecule has 5 nitrogen and oxygen atoms in total. The molecule has 2 heterocycles. The zero-order chi connectivity index (χ0) is 19.2. The third kappa shape index (κ3) is 4.66. The highest BCUT2D eigenvalue weighted by atomic mass is 15.2. The summed E-state index contributed by atoms with van der Waals surface area (Å²) in [6, 6.07) is 16.9. The van der Waals surface area contributed by atoms with Crippen molar-refractivity contribution < 1.29 is 0 Å². The van der Waals surface area contributed by atoms with Gasteiger partial charge >= 0.3 is 0 Å². The maximum absolute atomic E-state index is 4.85. The molecule has 0 spiro atoms. The van der Waals surface area contributed by atoms with Crippen LogP contribution in [0.1, 0.15) is 31.2 Å². The van der Waals surface area contributed by atoms with Crippen molar-refractivity contribution >= 4 is 11.6 Å². The van der Waals surface area contributed by atoms with Crippen LogP contribution in [0.4, 0.5) is 11.6 Å². The van der Waals surface area contributed by atoms with E-state index in [-0.39, 0.29) is 0 Å². The molecule has 0 aliphatic heterocycles. The lowest BCUT2D eigenvalue weighted by Crippen LogP contribution is -2.23. The maximum atomic E-state index is 4.85. The van der Waals surface area contributed by atoms with E-state index in [4.69, 9.17) is 9.97 Å². The molecule has 3 aromatic rings. The third-order valence-corrected chi connectivity index (χ3v) is 5.33. The van der Waals surface area contributed by atoms with E-state index in [0.717, 1.165) is 36.0 Å². The first-order valence-corrected chi connectivity index (χ1v) is 10.1. The SMILES string of the molecule is CN(CCc1ccncc1)c1cc(NC2CCCC2)nc(-c2ccccc2)n1. The maximum Gasteiger partial charge on any atom is 0.163 e. The van der Waals surface area contributed by atoms with Gasteiger partial charge in [-0.1, -0.05) is 43.2 Å². The van der Waals surface area contributed by atoms with Crippen molar-refractivity contribution in [1.82, 2.24) is 15.0 Å². The van der Waals surface area contributed by atoms with E-state index in [0.29, 0.717) is 6.04 Å². The Kier molecular flexibility index (Phi) is 5.80. The number of aromatic nitrogens is 3. The van der Waals surface area contributed by atoms with E-state index in [1.165, 1.54) is 31.2 Å². The van der Waals surface area contributed by atoms with Crippen molar-refractivity contribution in [3.8, 4) is 11.4 Å². The van der Waals surface area contributed by atoms with Crippen LogP contribution < -0.4 is 10.2 Å². The first-order chi connectivity index (χ1) is 13.8. The number of pyridine rings is 1. The van der Waals surface area contributed by atoms with Crippen LogP contribution in [0.3, 0.4) is 0 Å². The number of hydrogen-bond acceptors (Lipinski definition) is 5. The summed E-state index contributed by atoms with van der Waals surface area (Å²) in [7, 11) is 2.09. The van der Waals surface area contributed by atoms with Gasteiger partial charge in [-0.15, -0.1) is 0 Å². The highest BCUT2D eigenvalue weighted by molar-refractivity contribution is 5.61. The monoisotopic (exact) mass is 373 g/mol. The molecule has 5 heteroatoms. The number of rotatable bonds is 7. The highest BCUT2D eigenvalue weighted by Gasteiger charge is 2.17. The van der Waals surface area contributed by atoms with Crippen LogP contribution >= 0.6 is 0 Å². The lowest BCUT2D eigenvalue weighted by atomic mass is 10.2. The van der Waals surface area contributed by atoms with Crippen molar-refractivity contribution in [3.05, 3.63) is 66.5 Å². The molecule has 0 atom stereocenters. The fraction of sp³-hybridized carbons (Fsp3) is 0.348. The molecular formula is C23H27N5. The van der Waals surface area contributed by atoms with Crippen molar-refractivity contribution in [2.75, 3.05) is 23.8 Å². The molecule has 0 unspecified atom stereocenters. The van der Waals surface area contributed by atoms with Crippen molar-refractivity contribution in [1.29, 1.82) is 0 Å². The van der Waals surface area contributed by atoms with Crippen LogP contribution in [0, 0.1) is 0 Å². The Bertz CT molecular complexity index is 876. The molecule has 1 saturated carbocycles. The van der Waals surface area contributed by atoms with E-state index in [1.54, 1.807) is 0 Å². The summed E-state index contributed by atoms with van der Waals surface area (Å²) < 4.78 is 0. The Hall–Kier alpha value is -2.95. The molecule has 1 aliphatic carbocycles. The highest BCUT2D eigenvalue weighted by Crippen LogP contribution is 2.26. The minimum atomic E-state index is 0.522. The molecule has 1 aromatic carbocycles. The summed E-state index contributed by atoms with van der Waals surface area (Å²) in [4.78, 5) is 16.0. The quantitative estimate of drug-likeness (QED) is 0.657. The number of benzene rings is 1. The number of nitrogens with one attached hydrogen (secondary N) is 1. The Labute approximate surface area is 166 Å². The van der Waals surface area contributed by atoms with Crippen LogP contribution in [0.25, 0.3) is 11.4 Å². The van der Waals surface area contributed by atoms with Gasteiger partial charge in [0, 0.05) is 43.7 Å². The van der Waals surface area contributed by atoms with Gasteiger partial charge in [0.2, 0.25) is 0 Å². The summed E-state index contributed by atoms with van der Waals surface area (Å²) in [5.74, 6) is 2.64. The predicted molar refractivity (Wildman–Crippen MR) is 115 cm³/mol. The van der Waals surface area contributed by atoms with Gasteiger partial charge < -0.3 is 10.2 Å². The topological polar surface area (TPSA) is 53.9 Å². The first-order valence-electron chi connectivity index (χ1n) is 10.1. The van der Waals surface area contributed by atoms with E-state index in [9.17, 15) is 0 Å². The standard InChI is InChI=1S/C23H27N5/c1-28(16-13-18-11-14-24-15-12-18)22-17-21(25-20-9-5-6-10-20)26-23(27-22)19-7-3-2-4-8-19/h2-4,7-8,11-12,14-15,17,20H,5-6,9-10,13,16H2,1H3,(H,25,26,27). The Morgan fingerprint density at radius 3 is 2.50 bits per heavy atom. The zero-order valence-corrected chi connectivity index (χ0v) is 16.4. The zero-order valence-electron chi connectivity index (χ0n) is 16.4.